The number of nitrogens with one attached hydrogen (secondary N) is 1. The van der Waals surface area contributed by atoms with Crippen LogP contribution in [0.15, 0.2) is 48.9 Å². The minimum atomic E-state index is -0.0731. The van der Waals surface area contributed by atoms with Crippen molar-refractivity contribution in [3.05, 3.63) is 71.2 Å². The average molecular weight is 540 g/mol. The summed E-state index contributed by atoms with van der Waals surface area (Å²) in [5, 5.41) is 3.45. The number of hydrogen-bond acceptors (Lipinski definition) is 9. The highest BCUT2D eigenvalue weighted by atomic mass is 16.5. The standard InChI is InChI=1S/C31H37N7O2/c1-20-7-8-21(16-26(39)23-17-22(31(2,3)4)9-10-27(23)40-6)15-24(20)35-29-28-25(33-19-34-29)18-32-30(36-28)38-13-11-37(5)12-14-38/h7-10,15,17-19H,11-14,16H2,1-6H3,(H,33,34,35). The molecule has 208 valence electrons. The monoisotopic (exact) mass is 539 g/mol. The van der Waals surface area contributed by atoms with E-state index < -0.39 is 0 Å². The quantitative estimate of drug-likeness (QED) is 0.327. The number of ether oxygens (including phenoxy) is 1. The lowest BCUT2D eigenvalue weighted by Crippen LogP contribution is -2.45. The molecule has 1 aliphatic rings. The van der Waals surface area contributed by atoms with Crippen LogP contribution in [0.5, 0.6) is 5.75 Å². The second kappa shape index (κ2) is 11.2. The van der Waals surface area contributed by atoms with Crippen molar-refractivity contribution in [2.24, 2.45) is 0 Å². The van der Waals surface area contributed by atoms with Gasteiger partial charge in [-0.2, -0.15) is 0 Å². The molecule has 0 amide bonds. The summed E-state index contributed by atoms with van der Waals surface area (Å²) in [5.74, 6) is 1.89. The summed E-state index contributed by atoms with van der Waals surface area (Å²) in [4.78, 5) is 36.3. The summed E-state index contributed by atoms with van der Waals surface area (Å²) in [6, 6.07) is 11.9. The van der Waals surface area contributed by atoms with Gasteiger partial charge in [-0.15, -0.1) is 0 Å². The van der Waals surface area contributed by atoms with Crippen molar-refractivity contribution in [1.29, 1.82) is 0 Å². The molecule has 0 saturated carbocycles. The third kappa shape index (κ3) is 5.89. The summed E-state index contributed by atoms with van der Waals surface area (Å²) < 4.78 is 5.53. The number of nitrogens with zero attached hydrogens (tertiary/aromatic N) is 6. The van der Waals surface area contributed by atoms with Crippen LogP contribution in [0.4, 0.5) is 17.5 Å². The van der Waals surface area contributed by atoms with E-state index >= 15 is 0 Å². The van der Waals surface area contributed by atoms with Crippen LogP contribution in [0.2, 0.25) is 0 Å². The van der Waals surface area contributed by atoms with Crippen molar-refractivity contribution in [2.75, 3.05) is 50.6 Å². The van der Waals surface area contributed by atoms with Gasteiger partial charge in [0, 0.05) is 38.3 Å². The van der Waals surface area contributed by atoms with Gasteiger partial charge >= 0.3 is 0 Å². The van der Waals surface area contributed by atoms with E-state index in [1.807, 2.05) is 43.3 Å². The van der Waals surface area contributed by atoms with Crippen LogP contribution in [0, 0.1) is 6.92 Å². The van der Waals surface area contributed by atoms with Gasteiger partial charge in [0.2, 0.25) is 5.95 Å². The number of aromatic nitrogens is 4. The van der Waals surface area contributed by atoms with E-state index in [4.69, 9.17) is 9.72 Å². The van der Waals surface area contributed by atoms with Gasteiger partial charge in [-0.3, -0.25) is 4.79 Å². The van der Waals surface area contributed by atoms with Crippen LogP contribution >= 0.6 is 0 Å². The number of benzene rings is 2. The van der Waals surface area contributed by atoms with Gasteiger partial charge in [0.15, 0.2) is 11.6 Å². The fourth-order valence-corrected chi connectivity index (χ4v) is 4.81. The number of fused-ring (bicyclic) bond motifs is 1. The Kier molecular flexibility index (Phi) is 7.67. The summed E-state index contributed by atoms with van der Waals surface area (Å²) in [6.45, 7) is 12.1. The number of Topliss-reactive ketones (excluding diaryl/α,β-unsaturated/α-hetero) is 1. The number of carbonyl (C=O) groups excluding carboxylic acids is 1. The smallest absolute Gasteiger partial charge is 0.226 e. The maximum absolute atomic E-state index is 13.5. The normalized spacial score (nSPS) is 14.4. The van der Waals surface area contributed by atoms with Crippen LogP contribution < -0.4 is 15.0 Å². The number of methoxy groups -OCH3 is 1. The van der Waals surface area contributed by atoms with Crippen LogP contribution in [0.3, 0.4) is 0 Å². The number of piperazine rings is 1. The minimum Gasteiger partial charge on any atom is -0.496 e. The highest BCUT2D eigenvalue weighted by Crippen LogP contribution is 2.30. The molecule has 2 aromatic carbocycles. The Labute approximate surface area is 235 Å². The molecule has 4 aromatic rings. The summed E-state index contributed by atoms with van der Waals surface area (Å²) in [7, 11) is 3.72. The first kappa shape index (κ1) is 27.5. The molecule has 1 saturated heterocycles. The lowest BCUT2D eigenvalue weighted by Gasteiger charge is -2.32. The predicted octanol–water partition coefficient (Wildman–Crippen LogP) is 4.96. The van der Waals surface area contributed by atoms with Crippen molar-refractivity contribution in [3.8, 4) is 5.75 Å². The first-order valence-corrected chi connectivity index (χ1v) is 13.6. The molecule has 0 bridgehead atoms. The van der Waals surface area contributed by atoms with Gasteiger partial charge in [0.05, 0.1) is 18.9 Å². The van der Waals surface area contributed by atoms with Crippen molar-refractivity contribution in [1.82, 2.24) is 24.8 Å². The molecule has 9 heteroatoms. The Morgan fingerprint density at radius 3 is 2.52 bits per heavy atom. The Hall–Kier alpha value is -4.11. The first-order chi connectivity index (χ1) is 19.1. The van der Waals surface area contributed by atoms with E-state index in [1.165, 1.54) is 6.33 Å². The molecule has 0 unspecified atom stereocenters. The van der Waals surface area contributed by atoms with Gasteiger partial charge in [0.25, 0.3) is 0 Å². The van der Waals surface area contributed by atoms with E-state index in [0.717, 1.165) is 48.6 Å². The molecule has 0 radical (unpaired) electrons. The molecule has 0 aliphatic carbocycles. The molecule has 1 fully saturated rings. The summed E-state index contributed by atoms with van der Waals surface area (Å²) in [5.41, 5.74) is 5.74. The second-order valence-corrected chi connectivity index (χ2v) is 11.5. The molecular formula is C31H37N7O2. The highest BCUT2D eigenvalue weighted by Gasteiger charge is 2.21. The molecule has 0 atom stereocenters. The molecule has 1 N–H and O–H groups in total. The highest BCUT2D eigenvalue weighted by molar-refractivity contribution is 6.00. The lowest BCUT2D eigenvalue weighted by molar-refractivity contribution is 0.0990. The van der Waals surface area contributed by atoms with E-state index in [0.29, 0.717) is 34.1 Å². The summed E-state index contributed by atoms with van der Waals surface area (Å²) in [6.07, 6.45) is 3.52. The van der Waals surface area contributed by atoms with Crippen molar-refractivity contribution < 1.29 is 9.53 Å². The van der Waals surface area contributed by atoms with Crippen LogP contribution in [0.1, 0.15) is 47.8 Å². The third-order valence-electron chi connectivity index (χ3n) is 7.44. The SMILES string of the molecule is COc1ccc(C(C)(C)C)cc1C(=O)Cc1ccc(C)c(Nc2ncnc3cnc(N4CCN(C)CC4)nc23)c1. The van der Waals surface area contributed by atoms with Crippen molar-refractivity contribution in [3.63, 3.8) is 0 Å². The number of rotatable bonds is 7. The Morgan fingerprint density at radius 1 is 1.02 bits per heavy atom. The number of hydrogen-bond donors (Lipinski definition) is 1. The predicted molar refractivity (Wildman–Crippen MR) is 159 cm³/mol. The third-order valence-corrected chi connectivity index (χ3v) is 7.44. The topological polar surface area (TPSA) is 96.4 Å². The van der Waals surface area contributed by atoms with Gasteiger partial charge in [0.1, 0.15) is 23.1 Å². The maximum atomic E-state index is 13.5. The van der Waals surface area contributed by atoms with Gasteiger partial charge < -0.3 is 19.9 Å². The maximum Gasteiger partial charge on any atom is 0.226 e. The van der Waals surface area contributed by atoms with Gasteiger partial charge in [-0.25, -0.2) is 19.9 Å². The minimum absolute atomic E-state index is 0.00907. The number of ketones is 1. The van der Waals surface area contributed by atoms with Gasteiger partial charge in [-0.05, 0) is 54.3 Å². The number of likely N-dealkylation sites (N-methyl/N-ethyl adjacent to an activating group) is 1. The Balaban J connectivity index is 1.41. The molecule has 5 rings (SSSR count). The van der Waals surface area contributed by atoms with Crippen molar-refractivity contribution in [2.45, 2.75) is 39.5 Å². The van der Waals surface area contributed by atoms with Gasteiger partial charge in [-0.1, -0.05) is 39.0 Å². The van der Waals surface area contributed by atoms with Crippen LogP contribution in [-0.4, -0.2) is 71.0 Å². The summed E-state index contributed by atoms with van der Waals surface area (Å²) >= 11 is 0. The van der Waals surface area contributed by atoms with E-state index in [-0.39, 0.29) is 17.6 Å². The van der Waals surface area contributed by atoms with E-state index in [2.05, 4.69) is 57.9 Å². The lowest BCUT2D eigenvalue weighted by atomic mass is 9.85. The molecule has 2 aromatic heterocycles. The first-order valence-electron chi connectivity index (χ1n) is 13.6. The molecule has 0 spiro atoms. The fraction of sp³-hybridized carbons (Fsp3) is 0.387. The molecule has 1 aliphatic heterocycles. The molecule has 40 heavy (non-hydrogen) atoms. The zero-order chi connectivity index (χ0) is 28.4. The van der Waals surface area contributed by atoms with Crippen LogP contribution in [-0.2, 0) is 11.8 Å². The molecule has 3 heterocycles. The average Bonchev–Trinajstić information content (AvgIpc) is 2.94. The fourth-order valence-electron chi connectivity index (χ4n) is 4.81. The zero-order valence-electron chi connectivity index (χ0n) is 24.2. The zero-order valence-corrected chi connectivity index (χ0v) is 24.2. The van der Waals surface area contributed by atoms with E-state index in [9.17, 15) is 4.79 Å². The second-order valence-electron chi connectivity index (χ2n) is 11.5. The largest absolute Gasteiger partial charge is 0.496 e. The number of anilines is 3. The van der Waals surface area contributed by atoms with E-state index in [1.54, 1.807) is 13.3 Å². The Bertz CT molecular complexity index is 1540. The number of aryl methyl sites for hydroxylation is 1. The molecule has 9 nitrogen and oxygen atoms in total. The number of carbonyl (C=O) groups is 1. The Morgan fingerprint density at radius 2 is 1.80 bits per heavy atom. The van der Waals surface area contributed by atoms with Crippen LogP contribution in [0.25, 0.3) is 11.0 Å². The molecular weight excluding hydrogens is 502 g/mol. The van der Waals surface area contributed by atoms with Crippen molar-refractivity contribution >= 4 is 34.3 Å².